The van der Waals surface area contributed by atoms with Crippen LogP contribution in [-0.2, 0) is 11.2 Å². The summed E-state index contributed by atoms with van der Waals surface area (Å²) < 4.78 is 9.11. The summed E-state index contributed by atoms with van der Waals surface area (Å²) in [5.41, 5.74) is 5.23. The van der Waals surface area contributed by atoms with Gasteiger partial charge in [0.05, 0.1) is 29.5 Å². The minimum Gasteiger partial charge on any atom is -0.396 e. The van der Waals surface area contributed by atoms with Gasteiger partial charge in [0.15, 0.2) is 0 Å². The SMILES string of the molecule is CC=N/C(=C(\C)c1c(CC(C)(C)CO)c2cc(Br)ccc2n1C1CC(C#N)C1)[C@H](C)OC. The maximum atomic E-state index is 10.1. The van der Waals surface area contributed by atoms with Crippen molar-refractivity contribution in [1.29, 1.82) is 5.26 Å². The number of nitrogens with zero attached hydrogens (tertiary/aromatic N) is 3. The fourth-order valence-electron chi connectivity index (χ4n) is 4.64. The Morgan fingerprint density at radius 2 is 2.12 bits per heavy atom. The van der Waals surface area contributed by atoms with Gasteiger partial charge < -0.3 is 14.4 Å². The lowest BCUT2D eigenvalue weighted by Crippen LogP contribution is -2.27. The normalized spacial score (nSPS) is 20.8. The van der Waals surface area contributed by atoms with Crippen molar-refractivity contribution in [1.82, 2.24) is 4.57 Å². The number of halogens is 1. The summed E-state index contributed by atoms with van der Waals surface area (Å²) in [4.78, 5) is 4.70. The molecule has 1 heterocycles. The molecule has 0 aliphatic heterocycles. The zero-order chi connectivity index (χ0) is 23.6. The Hall–Kier alpha value is -1.94. The van der Waals surface area contributed by atoms with Gasteiger partial charge in [0, 0.05) is 41.3 Å². The molecular weight excluding hydrogens is 466 g/mol. The Morgan fingerprint density at radius 3 is 2.69 bits per heavy atom. The second-order valence-electron chi connectivity index (χ2n) is 9.58. The number of methoxy groups -OCH3 is 1. The van der Waals surface area contributed by atoms with Crippen molar-refractivity contribution < 1.29 is 9.84 Å². The molecule has 0 radical (unpaired) electrons. The fraction of sp³-hybridized carbons (Fsp3) is 0.538. The van der Waals surface area contributed by atoms with E-state index < -0.39 is 0 Å². The van der Waals surface area contributed by atoms with Crippen LogP contribution in [0.3, 0.4) is 0 Å². The van der Waals surface area contributed by atoms with Crippen LogP contribution in [-0.4, -0.2) is 35.7 Å². The molecular formula is C26H34BrN3O2. The molecule has 172 valence electrons. The summed E-state index contributed by atoms with van der Waals surface area (Å²) in [6.07, 6.45) is 4.09. The Kier molecular flexibility index (Phi) is 7.65. The smallest absolute Gasteiger partial charge is 0.0966 e. The number of ether oxygens (including phenoxy) is 1. The van der Waals surface area contributed by atoms with E-state index in [9.17, 15) is 10.4 Å². The van der Waals surface area contributed by atoms with Gasteiger partial charge in [-0.1, -0.05) is 29.8 Å². The van der Waals surface area contributed by atoms with E-state index in [1.54, 1.807) is 7.11 Å². The van der Waals surface area contributed by atoms with E-state index in [1.165, 1.54) is 10.9 Å². The minimum absolute atomic E-state index is 0.101. The zero-order valence-corrected chi connectivity index (χ0v) is 21.5. The highest BCUT2D eigenvalue weighted by Crippen LogP contribution is 2.46. The molecule has 1 aromatic heterocycles. The Balaban J connectivity index is 2.38. The molecule has 0 saturated heterocycles. The van der Waals surface area contributed by atoms with Crippen LogP contribution in [0.15, 0.2) is 33.4 Å². The molecule has 6 heteroatoms. The van der Waals surface area contributed by atoms with E-state index in [0.717, 1.165) is 46.2 Å². The van der Waals surface area contributed by atoms with Crippen molar-refractivity contribution >= 4 is 38.6 Å². The summed E-state index contributed by atoms with van der Waals surface area (Å²) in [5, 5.41) is 20.6. The van der Waals surface area contributed by atoms with E-state index in [1.807, 2.05) is 20.1 Å². The summed E-state index contributed by atoms with van der Waals surface area (Å²) in [5.74, 6) is 0.105. The first-order valence-corrected chi connectivity index (χ1v) is 12.0. The molecule has 2 aromatic rings. The van der Waals surface area contributed by atoms with Gasteiger partial charge in [0.2, 0.25) is 0 Å². The Labute approximate surface area is 199 Å². The molecule has 1 saturated carbocycles. The first kappa shape index (κ1) is 24.7. The van der Waals surface area contributed by atoms with Crippen molar-refractivity contribution in [2.24, 2.45) is 16.3 Å². The second-order valence-corrected chi connectivity index (χ2v) is 10.5. The molecule has 1 aromatic carbocycles. The van der Waals surface area contributed by atoms with Crippen LogP contribution < -0.4 is 0 Å². The van der Waals surface area contributed by atoms with Crippen molar-refractivity contribution in [2.75, 3.05) is 13.7 Å². The Morgan fingerprint density at radius 1 is 1.44 bits per heavy atom. The summed E-state index contributed by atoms with van der Waals surface area (Å²) in [6, 6.07) is 9.10. The molecule has 5 nitrogen and oxygen atoms in total. The van der Waals surface area contributed by atoms with E-state index in [2.05, 4.69) is 65.5 Å². The average molecular weight is 500 g/mol. The van der Waals surface area contributed by atoms with Crippen molar-refractivity contribution in [3.05, 3.63) is 39.6 Å². The number of hydrogen-bond donors (Lipinski definition) is 1. The summed E-state index contributed by atoms with van der Waals surface area (Å²) in [6.45, 7) is 10.3. The fourth-order valence-corrected chi connectivity index (χ4v) is 5.00. The van der Waals surface area contributed by atoms with E-state index >= 15 is 0 Å². The topological polar surface area (TPSA) is 70.5 Å². The maximum Gasteiger partial charge on any atom is 0.0966 e. The second kappa shape index (κ2) is 9.91. The lowest BCUT2D eigenvalue weighted by atomic mass is 9.80. The minimum atomic E-state index is -0.272. The van der Waals surface area contributed by atoms with Gasteiger partial charge in [-0.2, -0.15) is 5.26 Å². The number of aromatic nitrogens is 1. The number of hydrogen-bond acceptors (Lipinski definition) is 4. The standard InChI is InChI=1S/C26H34BrN3O2/c1-7-29-24(17(3)32-6)16(2)25-22(13-26(4,5)15-31)21-12-19(27)8-9-23(21)30(25)20-10-18(11-20)14-28/h7-9,12,17-18,20,31H,10-11,13,15H2,1-6H3/b24-16+,29-7?/t17-,18?,20?/m0/s1. The number of aliphatic imine (C=N–C) groups is 1. The number of aliphatic hydroxyl groups is 1. The molecule has 0 unspecified atom stereocenters. The van der Waals surface area contributed by atoms with Crippen LogP contribution >= 0.6 is 15.9 Å². The molecule has 1 N–H and O–H groups in total. The summed E-state index contributed by atoms with van der Waals surface area (Å²) in [7, 11) is 1.70. The number of allylic oxidation sites excluding steroid dienone is 1. The van der Waals surface area contributed by atoms with E-state index in [-0.39, 0.29) is 30.1 Å². The van der Waals surface area contributed by atoms with Gasteiger partial charge in [-0.3, -0.25) is 4.99 Å². The van der Waals surface area contributed by atoms with Crippen LogP contribution in [0.5, 0.6) is 0 Å². The molecule has 32 heavy (non-hydrogen) atoms. The highest BCUT2D eigenvalue weighted by molar-refractivity contribution is 9.10. The van der Waals surface area contributed by atoms with Gasteiger partial charge in [0.1, 0.15) is 0 Å². The van der Waals surface area contributed by atoms with Crippen molar-refractivity contribution in [3.8, 4) is 6.07 Å². The van der Waals surface area contributed by atoms with Crippen LogP contribution in [0.25, 0.3) is 16.5 Å². The largest absolute Gasteiger partial charge is 0.396 e. The molecule has 1 fully saturated rings. The van der Waals surface area contributed by atoms with Crippen molar-refractivity contribution in [3.63, 3.8) is 0 Å². The van der Waals surface area contributed by atoms with E-state index in [4.69, 9.17) is 9.73 Å². The number of benzene rings is 1. The first-order chi connectivity index (χ1) is 15.2. The van der Waals surface area contributed by atoms with Crippen LogP contribution in [0, 0.1) is 22.7 Å². The summed E-state index contributed by atoms with van der Waals surface area (Å²) >= 11 is 3.65. The Bertz CT molecular complexity index is 1080. The maximum absolute atomic E-state index is 10.1. The first-order valence-electron chi connectivity index (χ1n) is 11.2. The van der Waals surface area contributed by atoms with E-state index in [0.29, 0.717) is 0 Å². The highest BCUT2D eigenvalue weighted by Gasteiger charge is 2.35. The quantitative estimate of drug-likeness (QED) is 0.433. The molecule has 0 bridgehead atoms. The van der Waals surface area contributed by atoms with Gasteiger partial charge in [-0.05, 0) is 74.8 Å². The molecule has 1 aliphatic rings. The van der Waals surface area contributed by atoms with Crippen LogP contribution in [0.1, 0.15) is 64.8 Å². The highest BCUT2D eigenvalue weighted by atomic mass is 79.9. The van der Waals surface area contributed by atoms with Gasteiger partial charge in [-0.25, -0.2) is 0 Å². The van der Waals surface area contributed by atoms with Crippen LogP contribution in [0.4, 0.5) is 0 Å². The van der Waals surface area contributed by atoms with Crippen molar-refractivity contribution in [2.45, 2.75) is 66.0 Å². The lowest BCUT2D eigenvalue weighted by molar-refractivity contribution is 0.146. The number of nitriles is 1. The predicted molar refractivity (Wildman–Crippen MR) is 135 cm³/mol. The molecule has 0 amide bonds. The van der Waals surface area contributed by atoms with Gasteiger partial charge in [0.25, 0.3) is 0 Å². The molecule has 3 rings (SSSR count). The third kappa shape index (κ3) is 4.71. The molecule has 1 aliphatic carbocycles. The lowest BCUT2D eigenvalue weighted by Gasteiger charge is -2.35. The molecule has 1 atom stereocenters. The predicted octanol–water partition coefficient (Wildman–Crippen LogP) is 6.30. The average Bonchev–Trinajstić information content (AvgIpc) is 3.02. The van der Waals surface area contributed by atoms with Crippen LogP contribution in [0.2, 0.25) is 0 Å². The third-order valence-electron chi connectivity index (χ3n) is 6.56. The third-order valence-corrected chi connectivity index (χ3v) is 7.05. The number of fused-ring (bicyclic) bond motifs is 1. The number of rotatable bonds is 8. The number of aliphatic hydroxyl groups excluding tert-OH is 1. The monoisotopic (exact) mass is 499 g/mol. The zero-order valence-electron chi connectivity index (χ0n) is 19.9. The molecule has 0 spiro atoms. The van der Waals surface area contributed by atoms with Gasteiger partial charge in [-0.15, -0.1) is 0 Å². The van der Waals surface area contributed by atoms with Gasteiger partial charge >= 0.3 is 0 Å².